The molecule has 1 aromatic carbocycles. The summed E-state index contributed by atoms with van der Waals surface area (Å²) in [5.74, 6) is -0.174. The van der Waals surface area contributed by atoms with E-state index in [9.17, 15) is 10.1 Å². The summed E-state index contributed by atoms with van der Waals surface area (Å²) in [4.78, 5) is 16.7. The molecule has 2 aromatic rings. The fourth-order valence-corrected chi connectivity index (χ4v) is 2.98. The third-order valence-corrected chi connectivity index (χ3v) is 4.33. The monoisotopic (exact) mass is 374 g/mol. The average Bonchev–Trinajstić information content (AvgIpc) is 2.91. The zero-order valence-corrected chi connectivity index (χ0v) is 15.0. The SMILES string of the molecule is CC(C)(C)C(=O)/C(C#N)=C/c1csc(-c2cccc(Br)c2)n1. The molecule has 0 spiro atoms. The lowest BCUT2D eigenvalue weighted by Gasteiger charge is -2.15. The molecule has 0 saturated carbocycles. The van der Waals surface area contributed by atoms with Gasteiger partial charge in [0, 0.05) is 20.8 Å². The molecule has 3 nitrogen and oxygen atoms in total. The molecule has 112 valence electrons. The van der Waals surface area contributed by atoms with Crippen LogP contribution in [0.1, 0.15) is 26.5 Å². The first-order valence-corrected chi connectivity index (χ1v) is 8.36. The second-order valence-electron chi connectivity index (χ2n) is 5.84. The van der Waals surface area contributed by atoms with Crippen LogP contribution in [0, 0.1) is 16.7 Å². The smallest absolute Gasteiger partial charge is 0.178 e. The predicted octanol–water partition coefficient (Wildman–Crippen LogP) is 5.09. The Morgan fingerprint density at radius 3 is 2.73 bits per heavy atom. The molecule has 0 bridgehead atoms. The highest BCUT2D eigenvalue weighted by molar-refractivity contribution is 9.10. The van der Waals surface area contributed by atoms with Crippen molar-refractivity contribution in [1.82, 2.24) is 4.98 Å². The number of nitrogens with zero attached hydrogens (tertiary/aromatic N) is 2. The molecule has 0 N–H and O–H groups in total. The minimum Gasteiger partial charge on any atom is -0.293 e. The van der Waals surface area contributed by atoms with Crippen LogP contribution in [0.3, 0.4) is 0 Å². The van der Waals surface area contributed by atoms with Crippen molar-refractivity contribution >= 4 is 39.1 Å². The molecule has 0 aliphatic heterocycles. The predicted molar refractivity (Wildman–Crippen MR) is 93.3 cm³/mol. The van der Waals surface area contributed by atoms with Gasteiger partial charge in [-0.1, -0.05) is 48.8 Å². The van der Waals surface area contributed by atoms with Gasteiger partial charge in [0.15, 0.2) is 5.78 Å². The minimum atomic E-state index is -0.579. The Morgan fingerprint density at radius 1 is 1.41 bits per heavy atom. The molecular formula is C17H15BrN2OS. The van der Waals surface area contributed by atoms with Gasteiger partial charge in [0.05, 0.1) is 11.3 Å². The lowest BCUT2D eigenvalue weighted by Crippen LogP contribution is -2.21. The molecule has 1 heterocycles. The lowest BCUT2D eigenvalue weighted by molar-refractivity contribution is -0.121. The highest BCUT2D eigenvalue weighted by Gasteiger charge is 2.25. The number of carbonyl (C=O) groups excluding carboxylic acids is 1. The maximum atomic E-state index is 12.2. The summed E-state index contributed by atoms with van der Waals surface area (Å²) in [6.45, 7) is 5.40. The van der Waals surface area contributed by atoms with Crippen LogP contribution in [0.25, 0.3) is 16.6 Å². The van der Waals surface area contributed by atoms with Gasteiger partial charge < -0.3 is 0 Å². The van der Waals surface area contributed by atoms with Crippen molar-refractivity contribution in [2.45, 2.75) is 20.8 Å². The van der Waals surface area contributed by atoms with Crippen LogP contribution < -0.4 is 0 Å². The Balaban J connectivity index is 2.34. The molecule has 0 atom stereocenters. The molecule has 22 heavy (non-hydrogen) atoms. The van der Waals surface area contributed by atoms with Gasteiger partial charge in [-0.05, 0) is 18.2 Å². The first kappa shape index (κ1) is 16.6. The summed E-state index contributed by atoms with van der Waals surface area (Å²) in [6, 6.07) is 9.84. The maximum Gasteiger partial charge on any atom is 0.178 e. The van der Waals surface area contributed by atoms with Crippen molar-refractivity contribution in [2.24, 2.45) is 5.41 Å². The van der Waals surface area contributed by atoms with Gasteiger partial charge in [-0.25, -0.2) is 4.98 Å². The Labute approximate surface area is 142 Å². The van der Waals surface area contributed by atoms with Crippen LogP contribution in [-0.4, -0.2) is 10.8 Å². The van der Waals surface area contributed by atoms with Gasteiger partial charge in [-0.15, -0.1) is 11.3 Å². The number of thiazole rings is 1. The highest BCUT2D eigenvalue weighted by atomic mass is 79.9. The molecule has 0 saturated heterocycles. The maximum absolute atomic E-state index is 12.2. The number of halogens is 1. The number of hydrogen-bond acceptors (Lipinski definition) is 4. The van der Waals surface area contributed by atoms with Crippen LogP contribution in [-0.2, 0) is 4.79 Å². The summed E-state index contributed by atoms with van der Waals surface area (Å²) in [5.41, 5.74) is 1.19. The Bertz CT molecular complexity index is 778. The van der Waals surface area contributed by atoms with E-state index in [1.54, 1.807) is 26.8 Å². The van der Waals surface area contributed by atoms with E-state index in [1.165, 1.54) is 11.3 Å². The quantitative estimate of drug-likeness (QED) is 0.554. The zero-order chi connectivity index (χ0) is 16.3. The molecule has 0 fully saturated rings. The first-order chi connectivity index (χ1) is 10.3. The van der Waals surface area contributed by atoms with Gasteiger partial charge in [0.1, 0.15) is 11.1 Å². The van der Waals surface area contributed by atoms with Crippen molar-refractivity contribution in [1.29, 1.82) is 5.26 Å². The first-order valence-electron chi connectivity index (χ1n) is 6.69. The lowest BCUT2D eigenvalue weighted by atomic mass is 9.86. The van der Waals surface area contributed by atoms with Gasteiger partial charge in [-0.2, -0.15) is 5.26 Å². The number of allylic oxidation sites excluding steroid dienone is 1. The van der Waals surface area contributed by atoms with E-state index in [0.29, 0.717) is 5.69 Å². The van der Waals surface area contributed by atoms with Crippen molar-refractivity contribution in [2.75, 3.05) is 0 Å². The van der Waals surface area contributed by atoms with Crippen molar-refractivity contribution in [3.8, 4) is 16.6 Å². The van der Waals surface area contributed by atoms with E-state index in [4.69, 9.17) is 0 Å². The molecule has 0 amide bonds. The van der Waals surface area contributed by atoms with Gasteiger partial charge >= 0.3 is 0 Å². The fourth-order valence-electron chi connectivity index (χ4n) is 1.81. The number of aromatic nitrogens is 1. The summed E-state index contributed by atoms with van der Waals surface area (Å²) < 4.78 is 0.984. The Morgan fingerprint density at radius 2 is 2.14 bits per heavy atom. The van der Waals surface area contributed by atoms with E-state index in [0.717, 1.165) is 15.0 Å². The number of carbonyl (C=O) groups is 1. The summed E-state index contributed by atoms with van der Waals surface area (Å²) in [6.07, 6.45) is 1.56. The summed E-state index contributed by atoms with van der Waals surface area (Å²) in [7, 11) is 0. The molecule has 5 heteroatoms. The van der Waals surface area contributed by atoms with E-state index in [-0.39, 0.29) is 11.4 Å². The number of Topliss-reactive ketones (excluding diaryl/α,β-unsaturated/α-hetero) is 1. The van der Waals surface area contributed by atoms with Crippen LogP contribution in [0.4, 0.5) is 0 Å². The molecular weight excluding hydrogens is 360 g/mol. The van der Waals surface area contributed by atoms with Crippen molar-refractivity contribution in [3.63, 3.8) is 0 Å². The van der Waals surface area contributed by atoms with Crippen LogP contribution in [0.5, 0.6) is 0 Å². The zero-order valence-electron chi connectivity index (χ0n) is 12.6. The summed E-state index contributed by atoms with van der Waals surface area (Å²) in [5, 5.41) is 11.9. The molecule has 0 unspecified atom stereocenters. The van der Waals surface area contributed by atoms with E-state index < -0.39 is 5.41 Å². The third-order valence-electron chi connectivity index (χ3n) is 2.93. The Hall–Kier alpha value is -1.77. The number of nitriles is 1. The van der Waals surface area contributed by atoms with Crippen molar-refractivity contribution < 1.29 is 4.79 Å². The standard InChI is InChI=1S/C17H15BrN2OS/c1-17(2,3)15(21)12(9-19)8-14-10-22-16(20-14)11-5-4-6-13(18)7-11/h4-8,10H,1-3H3/b12-8+. The average molecular weight is 375 g/mol. The normalized spacial score (nSPS) is 12.0. The van der Waals surface area contributed by atoms with Gasteiger partial charge in [0.25, 0.3) is 0 Å². The number of rotatable bonds is 3. The molecule has 0 aliphatic rings. The molecule has 0 aliphatic carbocycles. The Kier molecular flexibility index (Phi) is 4.94. The van der Waals surface area contributed by atoms with Crippen molar-refractivity contribution in [3.05, 3.63) is 45.4 Å². The minimum absolute atomic E-state index is 0.138. The van der Waals surface area contributed by atoms with Gasteiger partial charge in [0.2, 0.25) is 0 Å². The third kappa shape index (κ3) is 3.90. The van der Waals surface area contributed by atoms with Gasteiger partial charge in [-0.3, -0.25) is 4.79 Å². The van der Waals surface area contributed by atoms with Crippen LogP contribution in [0.15, 0.2) is 39.7 Å². The second kappa shape index (κ2) is 6.55. The molecule has 0 radical (unpaired) electrons. The van der Waals surface area contributed by atoms with Crippen LogP contribution in [0.2, 0.25) is 0 Å². The number of benzene rings is 1. The van der Waals surface area contributed by atoms with E-state index in [1.807, 2.05) is 35.7 Å². The topological polar surface area (TPSA) is 53.8 Å². The molecule has 2 rings (SSSR count). The molecule has 1 aromatic heterocycles. The number of ketones is 1. The van der Waals surface area contributed by atoms with E-state index in [2.05, 4.69) is 20.9 Å². The highest BCUT2D eigenvalue weighted by Crippen LogP contribution is 2.28. The summed E-state index contributed by atoms with van der Waals surface area (Å²) >= 11 is 4.92. The number of hydrogen-bond donors (Lipinski definition) is 0. The second-order valence-corrected chi connectivity index (χ2v) is 7.61. The fraction of sp³-hybridized carbons (Fsp3) is 0.235. The van der Waals surface area contributed by atoms with E-state index >= 15 is 0 Å². The van der Waals surface area contributed by atoms with Crippen LogP contribution >= 0.6 is 27.3 Å². The largest absolute Gasteiger partial charge is 0.293 e.